The SMILES string of the molecule is CC(C)n1cnc2c(NCc3ccccc3)cc(OCC3CCNCC3)cc21. The van der Waals surface area contributed by atoms with Gasteiger partial charge < -0.3 is 19.9 Å². The summed E-state index contributed by atoms with van der Waals surface area (Å²) in [5.74, 6) is 1.55. The maximum atomic E-state index is 6.24. The highest BCUT2D eigenvalue weighted by atomic mass is 16.5. The maximum Gasteiger partial charge on any atom is 0.123 e. The fraction of sp³-hybridized carbons (Fsp3) is 0.435. The van der Waals surface area contributed by atoms with Gasteiger partial charge >= 0.3 is 0 Å². The number of rotatable bonds is 7. The van der Waals surface area contributed by atoms with Crippen molar-refractivity contribution in [1.82, 2.24) is 14.9 Å². The van der Waals surface area contributed by atoms with Crippen LogP contribution in [0.4, 0.5) is 5.69 Å². The van der Waals surface area contributed by atoms with Crippen molar-refractivity contribution in [3.63, 3.8) is 0 Å². The molecule has 3 aromatic rings. The summed E-state index contributed by atoms with van der Waals surface area (Å²) in [5, 5.41) is 6.99. The lowest BCUT2D eigenvalue weighted by Crippen LogP contribution is -2.30. The van der Waals surface area contributed by atoms with Crippen molar-refractivity contribution in [2.45, 2.75) is 39.3 Å². The number of ether oxygens (including phenoxy) is 1. The topological polar surface area (TPSA) is 51.1 Å². The van der Waals surface area contributed by atoms with Gasteiger partial charge in [-0.3, -0.25) is 0 Å². The summed E-state index contributed by atoms with van der Waals surface area (Å²) in [7, 11) is 0. The van der Waals surface area contributed by atoms with E-state index in [1.54, 1.807) is 0 Å². The number of nitrogens with one attached hydrogen (secondary N) is 2. The van der Waals surface area contributed by atoms with Crippen LogP contribution in [0.15, 0.2) is 48.8 Å². The molecule has 5 nitrogen and oxygen atoms in total. The van der Waals surface area contributed by atoms with Crippen LogP contribution in [0.3, 0.4) is 0 Å². The molecule has 0 amide bonds. The summed E-state index contributed by atoms with van der Waals surface area (Å²) >= 11 is 0. The van der Waals surface area contributed by atoms with E-state index in [1.807, 2.05) is 12.4 Å². The van der Waals surface area contributed by atoms with Crippen molar-refractivity contribution in [3.05, 3.63) is 54.4 Å². The molecule has 2 heterocycles. The van der Waals surface area contributed by atoms with Gasteiger partial charge in [0.15, 0.2) is 0 Å². The Balaban J connectivity index is 1.58. The van der Waals surface area contributed by atoms with Crippen LogP contribution in [0.2, 0.25) is 0 Å². The van der Waals surface area contributed by atoms with Crippen molar-refractivity contribution >= 4 is 16.7 Å². The molecule has 0 radical (unpaired) electrons. The maximum absolute atomic E-state index is 6.24. The Kier molecular flexibility index (Phi) is 5.81. The molecule has 1 aromatic heterocycles. The molecular formula is C23H30N4O. The molecule has 0 atom stereocenters. The zero-order chi connectivity index (χ0) is 19.3. The average Bonchev–Trinajstić information content (AvgIpc) is 3.16. The molecule has 0 aliphatic carbocycles. The number of aromatic nitrogens is 2. The first kappa shape index (κ1) is 18.8. The molecule has 5 heteroatoms. The van der Waals surface area contributed by atoms with Gasteiger partial charge in [0.05, 0.1) is 24.1 Å². The van der Waals surface area contributed by atoms with Crippen LogP contribution in [0, 0.1) is 5.92 Å². The Labute approximate surface area is 167 Å². The fourth-order valence-electron chi connectivity index (χ4n) is 3.79. The largest absolute Gasteiger partial charge is 0.493 e. The van der Waals surface area contributed by atoms with Gasteiger partial charge in [-0.1, -0.05) is 30.3 Å². The fourth-order valence-corrected chi connectivity index (χ4v) is 3.79. The predicted molar refractivity (Wildman–Crippen MR) is 115 cm³/mol. The molecule has 1 fully saturated rings. The first-order valence-corrected chi connectivity index (χ1v) is 10.3. The highest BCUT2D eigenvalue weighted by molar-refractivity contribution is 5.90. The molecule has 1 aliphatic rings. The van der Waals surface area contributed by atoms with Crippen LogP contribution < -0.4 is 15.4 Å². The average molecular weight is 379 g/mol. The first-order chi connectivity index (χ1) is 13.7. The molecular weight excluding hydrogens is 348 g/mol. The number of anilines is 1. The lowest BCUT2D eigenvalue weighted by molar-refractivity contribution is 0.215. The number of imidazole rings is 1. The third kappa shape index (κ3) is 4.30. The summed E-state index contributed by atoms with van der Waals surface area (Å²) in [6.07, 6.45) is 4.30. The second kappa shape index (κ2) is 8.65. The lowest BCUT2D eigenvalue weighted by Gasteiger charge is -2.23. The molecule has 0 unspecified atom stereocenters. The highest BCUT2D eigenvalue weighted by Crippen LogP contribution is 2.31. The van der Waals surface area contributed by atoms with E-state index in [4.69, 9.17) is 4.74 Å². The Morgan fingerprint density at radius 3 is 2.71 bits per heavy atom. The van der Waals surface area contributed by atoms with Crippen LogP contribution in [-0.2, 0) is 6.54 Å². The van der Waals surface area contributed by atoms with E-state index >= 15 is 0 Å². The lowest BCUT2D eigenvalue weighted by atomic mass is 9.99. The molecule has 28 heavy (non-hydrogen) atoms. The monoisotopic (exact) mass is 378 g/mol. The van der Waals surface area contributed by atoms with Crippen LogP contribution >= 0.6 is 0 Å². The van der Waals surface area contributed by atoms with Crippen LogP contribution in [-0.4, -0.2) is 29.2 Å². The first-order valence-electron chi connectivity index (χ1n) is 10.3. The number of hydrogen-bond donors (Lipinski definition) is 2. The Bertz CT molecular complexity index is 898. The summed E-state index contributed by atoms with van der Waals surface area (Å²) in [6.45, 7) is 8.10. The smallest absolute Gasteiger partial charge is 0.123 e. The third-order valence-electron chi connectivity index (χ3n) is 5.48. The molecule has 1 aliphatic heterocycles. The molecule has 0 saturated carbocycles. The molecule has 2 aromatic carbocycles. The van der Waals surface area contributed by atoms with Gasteiger partial charge in [0.2, 0.25) is 0 Å². The molecule has 148 valence electrons. The Morgan fingerprint density at radius 1 is 1.18 bits per heavy atom. The van der Waals surface area contributed by atoms with Gasteiger partial charge in [0.1, 0.15) is 11.3 Å². The van der Waals surface area contributed by atoms with Gasteiger partial charge in [0, 0.05) is 24.7 Å². The van der Waals surface area contributed by atoms with E-state index in [9.17, 15) is 0 Å². The summed E-state index contributed by atoms with van der Waals surface area (Å²) < 4.78 is 8.45. The second-order valence-corrected chi connectivity index (χ2v) is 7.93. The van der Waals surface area contributed by atoms with Crippen LogP contribution in [0.1, 0.15) is 38.3 Å². The highest BCUT2D eigenvalue weighted by Gasteiger charge is 2.16. The standard InChI is InChI=1S/C23H30N4O/c1-17(2)27-16-26-23-21(25-14-18-6-4-3-5-7-18)12-20(13-22(23)27)28-15-19-8-10-24-11-9-19/h3-7,12-13,16-17,19,24-25H,8-11,14-15H2,1-2H3. The second-order valence-electron chi connectivity index (χ2n) is 7.93. The normalized spacial score (nSPS) is 15.2. The number of hydrogen-bond acceptors (Lipinski definition) is 4. The summed E-state index contributed by atoms with van der Waals surface area (Å²) in [6, 6.07) is 15.0. The molecule has 2 N–H and O–H groups in total. The molecule has 0 spiro atoms. The zero-order valence-electron chi connectivity index (χ0n) is 16.8. The Hall–Kier alpha value is -2.53. The van der Waals surface area contributed by atoms with E-state index in [0.717, 1.165) is 48.7 Å². The number of benzene rings is 2. The quantitative estimate of drug-likeness (QED) is 0.630. The number of fused-ring (bicyclic) bond motifs is 1. The third-order valence-corrected chi connectivity index (χ3v) is 5.48. The predicted octanol–water partition coefficient (Wildman–Crippen LogP) is 4.61. The molecule has 4 rings (SSSR count). The van der Waals surface area contributed by atoms with Crippen LogP contribution in [0.5, 0.6) is 5.75 Å². The number of nitrogens with zero attached hydrogens (tertiary/aromatic N) is 2. The van der Waals surface area contributed by atoms with Gasteiger partial charge in [0.25, 0.3) is 0 Å². The minimum atomic E-state index is 0.353. The van der Waals surface area contributed by atoms with Crippen molar-refractivity contribution < 1.29 is 4.74 Å². The molecule has 1 saturated heterocycles. The van der Waals surface area contributed by atoms with Crippen molar-refractivity contribution in [2.24, 2.45) is 5.92 Å². The van der Waals surface area contributed by atoms with Crippen LogP contribution in [0.25, 0.3) is 11.0 Å². The minimum absolute atomic E-state index is 0.353. The van der Waals surface area contributed by atoms with E-state index in [1.165, 1.54) is 18.4 Å². The summed E-state index contributed by atoms with van der Waals surface area (Å²) in [4.78, 5) is 4.68. The molecule has 0 bridgehead atoms. The van der Waals surface area contributed by atoms with E-state index in [-0.39, 0.29) is 0 Å². The van der Waals surface area contributed by atoms with Gasteiger partial charge in [-0.15, -0.1) is 0 Å². The number of piperidine rings is 1. The zero-order valence-corrected chi connectivity index (χ0v) is 16.8. The van der Waals surface area contributed by atoms with Gasteiger partial charge in [-0.25, -0.2) is 4.98 Å². The Morgan fingerprint density at radius 2 is 1.96 bits per heavy atom. The van der Waals surface area contributed by atoms with Gasteiger partial charge in [-0.2, -0.15) is 0 Å². The van der Waals surface area contributed by atoms with Crippen molar-refractivity contribution in [3.8, 4) is 5.75 Å². The van der Waals surface area contributed by atoms with E-state index in [2.05, 4.69) is 70.4 Å². The van der Waals surface area contributed by atoms with Crippen molar-refractivity contribution in [1.29, 1.82) is 0 Å². The van der Waals surface area contributed by atoms with Gasteiger partial charge in [-0.05, 0) is 51.3 Å². The minimum Gasteiger partial charge on any atom is -0.493 e. The summed E-state index contributed by atoms with van der Waals surface area (Å²) in [5.41, 5.74) is 4.40. The van der Waals surface area contributed by atoms with E-state index < -0.39 is 0 Å². The van der Waals surface area contributed by atoms with Crippen molar-refractivity contribution in [2.75, 3.05) is 25.0 Å². The van der Waals surface area contributed by atoms with E-state index in [0.29, 0.717) is 12.0 Å².